The molecule has 11 heteroatoms. The van der Waals surface area contributed by atoms with Gasteiger partial charge in [-0.15, -0.1) is 0 Å². The topological polar surface area (TPSA) is 112 Å². The van der Waals surface area contributed by atoms with Crippen molar-refractivity contribution < 1.29 is 13.9 Å². The summed E-state index contributed by atoms with van der Waals surface area (Å²) in [6.45, 7) is 5.80. The number of fused-ring (bicyclic) bond motifs is 1. The van der Waals surface area contributed by atoms with Gasteiger partial charge < -0.3 is 24.8 Å². The van der Waals surface area contributed by atoms with Gasteiger partial charge in [0.2, 0.25) is 11.9 Å². The maximum absolute atomic E-state index is 13.5. The van der Waals surface area contributed by atoms with Gasteiger partial charge in [0.15, 0.2) is 6.73 Å². The van der Waals surface area contributed by atoms with Crippen LogP contribution >= 0.6 is 0 Å². The van der Waals surface area contributed by atoms with Crippen LogP contribution in [0.4, 0.5) is 16.3 Å². The Hall–Kier alpha value is -4.25. The Kier molecular flexibility index (Phi) is 8.86. The predicted octanol–water partition coefficient (Wildman–Crippen LogP) is 3.76. The first-order chi connectivity index (χ1) is 20.2. The lowest BCUT2D eigenvalue weighted by atomic mass is 10.0. The molecule has 5 rings (SSSR count). The molecular formula is C31H38FN7O3. The molecule has 0 aliphatic carbocycles. The summed E-state index contributed by atoms with van der Waals surface area (Å²) in [6, 6.07) is 15.3. The smallest absolute Gasteiger partial charge is 0.324 e. The molecule has 1 atom stereocenters. The Morgan fingerprint density at radius 2 is 1.81 bits per heavy atom. The number of halogens is 1. The second-order valence-electron chi connectivity index (χ2n) is 11.3. The minimum Gasteiger partial charge on any atom is -0.443 e. The molecule has 2 aromatic heterocycles. The molecule has 2 aromatic carbocycles. The average Bonchev–Trinajstić information content (AvgIpc) is 3.35. The van der Waals surface area contributed by atoms with E-state index in [-0.39, 0.29) is 30.1 Å². The zero-order valence-electron chi connectivity index (χ0n) is 24.3. The van der Waals surface area contributed by atoms with Crippen molar-refractivity contribution in [1.82, 2.24) is 19.1 Å². The number of piperidine rings is 1. The predicted molar refractivity (Wildman–Crippen MR) is 161 cm³/mol. The van der Waals surface area contributed by atoms with E-state index < -0.39 is 12.0 Å². The number of anilines is 2. The lowest BCUT2D eigenvalue weighted by molar-refractivity contribution is -0.149. The van der Waals surface area contributed by atoms with Crippen LogP contribution in [0.25, 0.3) is 11.0 Å². The summed E-state index contributed by atoms with van der Waals surface area (Å²) in [5.41, 5.74) is 8.59. The summed E-state index contributed by atoms with van der Waals surface area (Å²) in [5, 5.41) is 0. The molecule has 0 spiro atoms. The number of carbonyl (C=O) groups is 1. The third-order valence-corrected chi connectivity index (χ3v) is 7.78. The number of hydrogen-bond donors (Lipinski definition) is 1. The van der Waals surface area contributed by atoms with E-state index in [9.17, 15) is 14.0 Å². The molecule has 1 fully saturated rings. The lowest BCUT2D eigenvalue weighted by Crippen LogP contribution is -2.46. The third-order valence-electron chi connectivity index (χ3n) is 7.78. The number of carbonyl (C=O) groups excluding carboxylic acids is 1. The van der Waals surface area contributed by atoms with E-state index in [0.29, 0.717) is 18.9 Å². The Balaban J connectivity index is 1.30. The number of benzene rings is 2. The minimum absolute atomic E-state index is 0.107. The van der Waals surface area contributed by atoms with E-state index in [1.807, 2.05) is 44.0 Å². The summed E-state index contributed by atoms with van der Waals surface area (Å²) in [7, 11) is 1.91. The summed E-state index contributed by atoms with van der Waals surface area (Å²) >= 11 is 0. The largest absolute Gasteiger partial charge is 0.443 e. The second kappa shape index (κ2) is 12.7. The van der Waals surface area contributed by atoms with Crippen LogP contribution in [0.3, 0.4) is 0 Å². The fraction of sp³-hybridized carbons (Fsp3) is 0.419. The summed E-state index contributed by atoms with van der Waals surface area (Å²) < 4.78 is 22.5. The molecule has 0 bridgehead atoms. The van der Waals surface area contributed by atoms with Gasteiger partial charge in [0.05, 0.1) is 17.6 Å². The number of esters is 1. The fourth-order valence-electron chi connectivity index (χ4n) is 5.52. The maximum Gasteiger partial charge on any atom is 0.324 e. The van der Waals surface area contributed by atoms with E-state index in [0.717, 1.165) is 48.5 Å². The van der Waals surface area contributed by atoms with Crippen molar-refractivity contribution in [2.75, 3.05) is 29.9 Å². The van der Waals surface area contributed by atoms with Gasteiger partial charge in [0.25, 0.3) is 5.56 Å². The average molecular weight is 576 g/mol. The highest BCUT2D eigenvalue weighted by molar-refractivity contribution is 5.79. The van der Waals surface area contributed by atoms with Crippen LogP contribution in [-0.2, 0) is 22.8 Å². The molecule has 1 unspecified atom stereocenters. The first kappa shape index (κ1) is 29.2. The minimum atomic E-state index is -0.741. The van der Waals surface area contributed by atoms with Crippen molar-refractivity contribution in [3.8, 4) is 0 Å². The summed E-state index contributed by atoms with van der Waals surface area (Å²) in [5.74, 6) is 0.771. The van der Waals surface area contributed by atoms with E-state index in [1.54, 1.807) is 12.1 Å². The Labute approximate surface area is 244 Å². The third kappa shape index (κ3) is 6.46. The van der Waals surface area contributed by atoms with Crippen molar-refractivity contribution in [2.24, 2.45) is 11.7 Å². The molecule has 42 heavy (non-hydrogen) atoms. The van der Waals surface area contributed by atoms with Crippen LogP contribution < -0.4 is 21.1 Å². The van der Waals surface area contributed by atoms with E-state index >= 15 is 0 Å². The highest BCUT2D eigenvalue weighted by Gasteiger charge is 2.28. The number of ether oxygens (including phenoxy) is 1. The van der Waals surface area contributed by atoms with Gasteiger partial charge in [-0.2, -0.15) is 0 Å². The van der Waals surface area contributed by atoms with Crippen molar-refractivity contribution in [3.63, 3.8) is 0 Å². The van der Waals surface area contributed by atoms with E-state index in [2.05, 4.69) is 20.5 Å². The molecule has 3 heterocycles. The molecule has 0 amide bonds. The van der Waals surface area contributed by atoms with Gasteiger partial charge in [-0.3, -0.25) is 9.59 Å². The number of nitrogens with two attached hydrogens (primary N) is 1. The van der Waals surface area contributed by atoms with Crippen LogP contribution in [0.15, 0.2) is 65.6 Å². The second-order valence-corrected chi connectivity index (χ2v) is 11.3. The number of para-hydroxylation sites is 2. The molecule has 2 N–H and O–H groups in total. The van der Waals surface area contributed by atoms with Crippen LogP contribution in [-0.4, -0.2) is 57.3 Å². The van der Waals surface area contributed by atoms with Gasteiger partial charge in [-0.05, 0) is 55.0 Å². The first-order valence-corrected chi connectivity index (χ1v) is 14.4. The molecule has 222 valence electrons. The molecule has 10 nitrogen and oxygen atoms in total. The quantitative estimate of drug-likeness (QED) is 0.285. The Morgan fingerprint density at radius 1 is 1.10 bits per heavy atom. The van der Waals surface area contributed by atoms with Gasteiger partial charge >= 0.3 is 5.97 Å². The number of aromatic nitrogens is 4. The zero-order chi connectivity index (χ0) is 29.8. The number of nitrogens with zero attached hydrogens (tertiary/aromatic N) is 6. The maximum atomic E-state index is 13.5. The summed E-state index contributed by atoms with van der Waals surface area (Å²) in [6.07, 6.45) is 3.59. The molecule has 0 radical (unpaired) electrons. The molecule has 1 aliphatic rings. The van der Waals surface area contributed by atoms with Crippen LogP contribution in [0.2, 0.25) is 0 Å². The van der Waals surface area contributed by atoms with Crippen LogP contribution in [0, 0.1) is 11.7 Å². The van der Waals surface area contributed by atoms with Crippen molar-refractivity contribution in [3.05, 3.63) is 82.5 Å². The monoisotopic (exact) mass is 575 g/mol. The Morgan fingerprint density at radius 3 is 2.52 bits per heavy atom. The van der Waals surface area contributed by atoms with Crippen LogP contribution in [0.5, 0.6) is 0 Å². The van der Waals surface area contributed by atoms with E-state index in [1.165, 1.54) is 29.0 Å². The van der Waals surface area contributed by atoms with E-state index in [4.69, 9.17) is 15.5 Å². The van der Waals surface area contributed by atoms with Crippen molar-refractivity contribution in [2.45, 2.75) is 58.5 Å². The van der Waals surface area contributed by atoms with Crippen molar-refractivity contribution >= 4 is 28.9 Å². The van der Waals surface area contributed by atoms with Gasteiger partial charge in [-0.25, -0.2) is 18.9 Å². The number of imidazole rings is 1. The molecule has 0 saturated carbocycles. The normalized spacial score (nSPS) is 14.9. The number of rotatable bonds is 10. The SMILES string of the molecule is CC(C)CC(N)C(=O)OCn1c(N(C)C2CCN(c3nc4ccccc4n3Cc3ccc(F)cc3)CC2)nccc1=O. The Bertz CT molecular complexity index is 1580. The number of hydrogen-bond acceptors (Lipinski definition) is 8. The highest BCUT2D eigenvalue weighted by atomic mass is 19.1. The lowest BCUT2D eigenvalue weighted by Gasteiger charge is -2.38. The van der Waals surface area contributed by atoms with Gasteiger partial charge in [0.1, 0.15) is 11.9 Å². The summed E-state index contributed by atoms with van der Waals surface area (Å²) in [4.78, 5) is 38.9. The molecular weight excluding hydrogens is 537 g/mol. The van der Waals surface area contributed by atoms with Crippen LogP contribution in [0.1, 0.15) is 38.7 Å². The standard InChI is InChI=1S/C31H38FN7O3/c1-21(2)18-25(33)29(41)42-20-39-28(40)12-15-34-30(39)36(3)24-13-16-37(17-14-24)31-35-26-6-4-5-7-27(26)38(31)19-22-8-10-23(32)11-9-22/h4-12,15,21,24-25H,13-14,16-20,33H2,1-3H3. The molecule has 4 aromatic rings. The molecule has 1 saturated heterocycles. The van der Waals surface area contributed by atoms with Gasteiger partial charge in [-0.1, -0.05) is 38.1 Å². The van der Waals surface area contributed by atoms with Gasteiger partial charge in [0, 0.05) is 38.4 Å². The first-order valence-electron chi connectivity index (χ1n) is 14.4. The highest BCUT2D eigenvalue weighted by Crippen LogP contribution is 2.28. The molecule has 1 aliphatic heterocycles. The van der Waals surface area contributed by atoms with Crippen molar-refractivity contribution in [1.29, 1.82) is 0 Å². The fourth-order valence-corrected chi connectivity index (χ4v) is 5.52. The zero-order valence-corrected chi connectivity index (χ0v) is 24.3.